The van der Waals surface area contributed by atoms with Gasteiger partial charge in [0.2, 0.25) is 0 Å². The third kappa shape index (κ3) is 2.76. The Balaban J connectivity index is 2.17. The summed E-state index contributed by atoms with van der Waals surface area (Å²) in [4.78, 5) is 0. The average molecular weight is 235 g/mol. The lowest BCUT2D eigenvalue weighted by Gasteiger charge is -2.40. The van der Waals surface area contributed by atoms with E-state index in [2.05, 4.69) is 32.3 Å². The molecule has 0 aromatic carbocycles. The van der Waals surface area contributed by atoms with Crippen LogP contribution in [0, 0.1) is 11.3 Å². The number of hydrogen-bond acceptors (Lipinski definition) is 1. The van der Waals surface area contributed by atoms with Gasteiger partial charge in [0.25, 0.3) is 0 Å². The molecule has 1 atom stereocenters. The van der Waals surface area contributed by atoms with E-state index in [1.54, 1.807) is 5.57 Å². The van der Waals surface area contributed by atoms with Gasteiger partial charge in [-0.2, -0.15) is 0 Å². The van der Waals surface area contributed by atoms with E-state index in [9.17, 15) is 0 Å². The summed E-state index contributed by atoms with van der Waals surface area (Å²) in [7, 11) is 2.17. The average Bonchev–Trinajstić information content (AvgIpc) is 2.90. The van der Waals surface area contributed by atoms with Gasteiger partial charge in [0.15, 0.2) is 0 Å². The molecule has 0 bridgehead atoms. The molecule has 0 aromatic heterocycles. The van der Waals surface area contributed by atoms with Crippen molar-refractivity contribution in [3.05, 3.63) is 11.6 Å². The highest BCUT2D eigenvalue weighted by atomic mass is 14.9. The molecule has 2 aliphatic rings. The summed E-state index contributed by atoms with van der Waals surface area (Å²) in [5.41, 5.74) is 2.29. The van der Waals surface area contributed by atoms with Crippen molar-refractivity contribution in [3.63, 3.8) is 0 Å². The molecule has 0 saturated heterocycles. The summed E-state index contributed by atoms with van der Waals surface area (Å²) >= 11 is 0. The summed E-state index contributed by atoms with van der Waals surface area (Å²) in [6, 6.07) is 0.662. The lowest BCUT2D eigenvalue weighted by atomic mass is 9.70. The Kier molecular flexibility index (Phi) is 4.30. The molecule has 1 saturated carbocycles. The Morgan fingerprint density at radius 2 is 1.94 bits per heavy atom. The first-order valence-corrected chi connectivity index (χ1v) is 7.54. The summed E-state index contributed by atoms with van der Waals surface area (Å²) in [5.74, 6) is 0.825. The number of hydrogen-bond donors (Lipinski definition) is 1. The highest BCUT2D eigenvalue weighted by Crippen LogP contribution is 2.48. The standard InChI is InChI=1S/C16H29N/c1-13(2)12-16(10-6-7-11-16)15(17-3)14-8-4-5-9-14/h8,13,15,17H,4-7,9-12H2,1-3H3. The zero-order valence-electron chi connectivity index (χ0n) is 11.9. The first kappa shape index (κ1) is 13.1. The predicted molar refractivity (Wildman–Crippen MR) is 75.1 cm³/mol. The smallest absolute Gasteiger partial charge is 0.0333 e. The maximum atomic E-state index is 3.66. The maximum Gasteiger partial charge on any atom is 0.0333 e. The van der Waals surface area contributed by atoms with Gasteiger partial charge >= 0.3 is 0 Å². The van der Waals surface area contributed by atoms with Gasteiger partial charge in [-0.25, -0.2) is 0 Å². The van der Waals surface area contributed by atoms with Crippen LogP contribution in [0.25, 0.3) is 0 Å². The highest BCUT2D eigenvalue weighted by Gasteiger charge is 2.42. The lowest BCUT2D eigenvalue weighted by molar-refractivity contribution is 0.180. The molecule has 1 nitrogen and oxygen atoms in total. The number of nitrogens with one attached hydrogen (secondary N) is 1. The molecule has 1 heteroatoms. The summed E-state index contributed by atoms with van der Waals surface area (Å²) in [5, 5.41) is 3.66. The van der Waals surface area contributed by atoms with Crippen molar-refractivity contribution >= 4 is 0 Å². The fourth-order valence-electron chi connectivity index (χ4n) is 4.35. The van der Waals surface area contributed by atoms with E-state index >= 15 is 0 Å². The van der Waals surface area contributed by atoms with Crippen LogP contribution in [-0.2, 0) is 0 Å². The van der Waals surface area contributed by atoms with Crippen molar-refractivity contribution in [1.29, 1.82) is 0 Å². The summed E-state index contributed by atoms with van der Waals surface area (Å²) in [6.45, 7) is 4.77. The van der Waals surface area contributed by atoms with E-state index in [-0.39, 0.29) is 0 Å². The van der Waals surface area contributed by atoms with Gasteiger partial charge in [-0.1, -0.05) is 38.3 Å². The van der Waals surface area contributed by atoms with Gasteiger partial charge in [0, 0.05) is 6.04 Å². The molecular weight excluding hydrogens is 206 g/mol. The summed E-state index contributed by atoms with van der Waals surface area (Å²) < 4.78 is 0. The molecule has 2 rings (SSSR count). The fourth-order valence-corrected chi connectivity index (χ4v) is 4.35. The van der Waals surface area contributed by atoms with E-state index in [0.29, 0.717) is 11.5 Å². The number of rotatable bonds is 5. The van der Waals surface area contributed by atoms with Crippen molar-refractivity contribution in [3.8, 4) is 0 Å². The molecule has 0 heterocycles. The van der Waals surface area contributed by atoms with Crippen molar-refractivity contribution in [1.82, 2.24) is 5.32 Å². The monoisotopic (exact) mass is 235 g/mol. The molecule has 0 radical (unpaired) electrons. The number of allylic oxidation sites excluding steroid dienone is 1. The van der Waals surface area contributed by atoms with Gasteiger partial charge in [0.1, 0.15) is 0 Å². The molecule has 0 aromatic rings. The van der Waals surface area contributed by atoms with Gasteiger partial charge in [-0.3, -0.25) is 0 Å². The highest BCUT2D eigenvalue weighted by molar-refractivity contribution is 5.20. The second-order valence-corrected chi connectivity index (χ2v) is 6.56. The van der Waals surface area contributed by atoms with Crippen LogP contribution in [-0.4, -0.2) is 13.1 Å². The van der Waals surface area contributed by atoms with Crippen molar-refractivity contribution in [2.45, 2.75) is 71.3 Å². The minimum atomic E-state index is 0.569. The molecule has 0 aliphatic heterocycles. The van der Waals surface area contributed by atoms with E-state index in [4.69, 9.17) is 0 Å². The zero-order valence-corrected chi connectivity index (χ0v) is 11.9. The lowest BCUT2D eigenvalue weighted by Crippen LogP contribution is -2.44. The first-order valence-electron chi connectivity index (χ1n) is 7.54. The van der Waals surface area contributed by atoms with Gasteiger partial charge in [-0.15, -0.1) is 0 Å². The van der Waals surface area contributed by atoms with Crippen LogP contribution >= 0.6 is 0 Å². The van der Waals surface area contributed by atoms with Gasteiger partial charge < -0.3 is 5.32 Å². The third-order valence-electron chi connectivity index (χ3n) is 4.76. The minimum absolute atomic E-state index is 0.569. The molecule has 1 fully saturated rings. The van der Waals surface area contributed by atoms with E-state index in [1.807, 2.05) is 0 Å². The van der Waals surface area contributed by atoms with Crippen LogP contribution in [0.5, 0.6) is 0 Å². The molecule has 0 amide bonds. The Labute approximate surface area is 107 Å². The fraction of sp³-hybridized carbons (Fsp3) is 0.875. The van der Waals surface area contributed by atoms with Crippen LogP contribution < -0.4 is 5.32 Å². The van der Waals surface area contributed by atoms with E-state index < -0.39 is 0 Å². The van der Waals surface area contributed by atoms with Gasteiger partial charge in [-0.05, 0) is 56.9 Å². The van der Waals surface area contributed by atoms with E-state index in [1.165, 1.54) is 51.4 Å². The van der Waals surface area contributed by atoms with Crippen molar-refractivity contribution < 1.29 is 0 Å². The van der Waals surface area contributed by atoms with Crippen molar-refractivity contribution in [2.75, 3.05) is 7.05 Å². The Bertz CT molecular complexity index is 271. The molecular formula is C16H29N. The van der Waals surface area contributed by atoms with Crippen LogP contribution in [0.1, 0.15) is 65.2 Å². The summed E-state index contributed by atoms with van der Waals surface area (Å²) in [6.07, 6.45) is 13.7. The minimum Gasteiger partial charge on any atom is -0.313 e. The molecule has 98 valence electrons. The normalized spacial score (nSPS) is 25.3. The van der Waals surface area contributed by atoms with E-state index in [0.717, 1.165) is 5.92 Å². The topological polar surface area (TPSA) is 12.0 Å². The zero-order chi connectivity index (χ0) is 12.3. The van der Waals surface area contributed by atoms with Crippen LogP contribution in [0.15, 0.2) is 11.6 Å². The predicted octanol–water partition coefficient (Wildman–Crippen LogP) is 4.29. The maximum absolute atomic E-state index is 3.66. The first-order chi connectivity index (χ1) is 8.18. The molecule has 0 spiro atoms. The van der Waals surface area contributed by atoms with Crippen LogP contribution in [0.3, 0.4) is 0 Å². The number of likely N-dealkylation sites (N-methyl/N-ethyl adjacent to an activating group) is 1. The Hall–Kier alpha value is -0.300. The second kappa shape index (κ2) is 5.56. The van der Waals surface area contributed by atoms with Crippen LogP contribution in [0.2, 0.25) is 0 Å². The van der Waals surface area contributed by atoms with Crippen molar-refractivity contribution in [2.24, 2.45) is 11.3 Å². The quantitative estimate of drug-likeness (QED) is 0.701. The second-order valence-electron chi connectivity index (χ2n) is 6.56. The Morgan fingerprint density at radius 1 is 1.24 bits per heavy atom. The van der Waals surface area contributed by atoms with Crippen LogP contribution in [0.4, 0.5) is 0 Å². The Morgan fingerprint density at radius 3 is 2.41 bits per heavy atom. The van der Waals surface area contributed by atoms with Gasteiger partial charge in [0.05, 0.1) is 0 Å². The molecule has 17 heavy (non-hydrogen) atoms. The molecule has 2 aliphatic carbocycles. The largest absolute Gasteiger partial charge is 0.313 e. The molecule has 1 N–H and O–H groups in total. The third-order valence-corrected chi connectivity index (χ3v) is 4.76. The molecule has 1 unspecified atom stereocenters. The SMILES string of the molecule is CNC(C1=CCCC1)C1(CC(C)C)CCCC1.